The number of carbonyl (C=O) groups is 1. The molecule has 0 heterocycles. The van der Waals surface area contributed by atoms with E-state index in [1.807, 2.05) is 0 Å². The van der Waals surface area contributed by atoms with Gasteiger partial charge in [-0.15, -0.1) is 0 Å². The molecule has 0 spiro atoms. The fraction of sp³-hybridized carbons (Fsp3) is 0.875. The van der Waals surface area contributed by atoms with Crippen molar-refractivity contribution >= 4 is 5.97 Å². The van der Waals surface area contributed by atoms with Crippen LogP contribution < -0.4 is 0 Å². The maximum absolute atomic E-state index is 13.0. The molecule has 3 nitrogen and oxygen atoms in total. The van der Waals surface area contributed by atoms with E-state index >= 15 is 0 Å². The van der Waals surface area contributed by atoms with Crippen molar-refractivity contribution in [3.8, 4) is 0 Å². The predicted octanol–water partition coefficient (Wildman–Crippen LogP) is 0.960. The van der Waals surface area contributed by atoms with E-state index in [2.05, 4.69) is 0 Å². The molecule has 1 rings (SSSR count). The Morgan fingerprint density at radius 3 is 2.67 bits per heavy atom. The molecule has 2 N–H and O–H groups in total. The van der Waals surface area contributed by atoms with Crippen molar-refractivity contribution < 1.29 is 19.4 Å². The molecule has 0 radical (unpaired) electrons. The molecule has 0 bridgehead atoms. The molecule has 0 aliphatic heterocycles. The summed E-state index contributed by atoms with van der Waals surface area (Å²) in [4.78, 5) is 10.3. The number of alkyl halides is 1. The van der Waals surface area contributed by atoms with Crippen LogP contribution in [-0.4, -0.2) is 28.0 Å². The quantitative estimate of drug-likeness (QED) is 0.658. The summed E-state index contributed by atoms with van der Waals surface area (Å²) in [7, 11) is 0. The predicted molar refractivity (Wildman–Crippen MR) is 40.5 cm³/mol. The lowest BCUT2D eigenvalue weighted by Crippen LogP contribution is -2.46. The van der Waals surface area contributed by atoms with Crippen molar-refractivity contribution in [2.75, 3.05) is 0 Å². The van der Waals surface area contributed by atoms with E-state index in [1.54, 1.807) is 6.92 Å². The third-order valence-corrected chi connectivity index (χ3v) is 2.72. The Balaban J connectivity index is 2.76. The summed E-state index contributed by atoms with van der Waals surface area (Å²) in [6.07, 6.45) is -0.494. The van der Waals surface area contributed by atoms with E-state index in [9.17, 15) is 14.3 Å². The zero-order valence-electron chi connectivity index (χ0n) is 6.96. The highest BCUT2D eigenvalue weighted by atomic mass is 19.1. The Labute approximate surface area is 70.2 Å². The second-order valence-corrected chi connectivity index (χ2v) is 3.49. The van der Waals surface area contributed by atoms with E-state index in [4.69, 9.17) is 5.11 Å². The summed E-state index contributed by atoms with van der Waals surface area (Å²) in [5.74, 6) is -1.82. The van der Waals surface area contributed by atoms with Crippen LogP contribution >= 0.6 is 0 Å². The summed E-state index contributed by atoms with van der Waals surface area (Å²) in [6.45, 7) is 1.68. The molecule has 1 aliphatic carbocycles. The molecule has 0 aromatic rings. The van der Waals surface area contributed by atoms with Gasteiger partial charge in [-0.25, -0.2) is 9.18 Å². The highest BCUT2D eigenvalue weighted by Crippen LogP contribution is 2.39. The van der Waals surface area contributed by atoms with Gasteiger partial charge in [-0.3, -0.25) is 0 Å². The van der Waals surface area contributed by atoms with E-state index < -0.39 is 17.7 Å². The molecule has 1 aliphatic rings. The molecular weight excluding hydrogens is 163 g/mol. The van der Waals surface area contributed by atoms with Crippen LogP contribution in [0.1, 0.15) is 26.2 Å². The van der Waals surface area contributed by atoms with Crippen LogP contribution in [-0.2, 0) is 4.79 Å². The highest BCUT2D eigenvalue weighted by molar-refractivity contribution is 5.74. The zero-order chi connectivity index (χ0) is 9.35. The van der Waals surface area contributed by atoms with Gasteiger partial charge in [0.1, 0.15) is 5.60 Å². The smallest absolute Gasteiger partial charge is 0.341 e. The van der Waals surface area contributed by atoms with E-state index in [-0.39, 0.29) is 12.3 Å². The van der Waals surface area contributed by atoms with Crippen molar-refractivity contribution in [3.63, 3.8) is 0 Å². The van der Waals surface area contributed by atoms with Gasteiger partial charge in [0.05, 0.1) is 0 Å². The van der Waals surface area contributed by atoms with Crippen LogP contribution in [0, 0.1) is 5.92 Å². The van der Waals surface area contributed by atoms with Gasteiger partial charge in [0.25, 0.3) is 0 Å². The zero-order valence-corrected chi connectivity index (χ0v) is 6.96. The lowest BCUT2D eigenvalue weighted by atomic mass is 9.88. The Morgan fingerprint density at radius 2 is 2.33 bits per heavy atom. The van der Waals surface area contributed by atoms with Gasteiger partial charge in [0, 0.05) is 0 Å². The molecule has 0 aromatic heterocycles. The fourth-order valence-corrected chi connectivity index (χ4v) is 1.78. The van der Waals surface area contributed by atoms with Crippen molar-refractivity contribution in [1.82, 2.24) is 0 Å². The van der Waals surface area contributed by atoms with Crippen molar-refractivity contribution in [2.24, 2.45) is 5.92 Å². The summed E-state index contributed by atoms with van der Waals surface area (Å²) in [6, 6.07) is 0. The summed E-state index contributed by atoms with van der Waals surface area (Å²) in [5.41, 5.74) is -1.63. The lowest BCUT2D eigenvalue weighted by molar-refractivity contribution is -0.157. The number of hydrogen-bond acceptors (Lipinski definition) is 2. The minimum absolute atomic E-state index is 0.252. The number of halogens is 1. The van der Waals surface area contributed by atoms with Crippen LogP contribution in [0.2, 0.25) is 0 Å². The molecule has 3 unspecified atom stereocenters. The Kier molecular flexibility index (Phi) is 2.37. The van der Waals surface area contributed by atoms with Crippen LogP contribution in [0.4, 0.5) is 4.39 Å². The third kappa shape index (κ3) is 1.31. The van der Waals surface area contributed by atoms with Crippen molar-refractivity contribution in [1.29, 1.82) is 0 Å². The highest BCUT2D eigenvalue weighted by Gasteiger charge is 2.49. The molecule has 0 saturated heterocycles. The average Bonchev–Trinajstić information content (AvgIpc) is 2.32. The van der Waals surface area contributed by atoms with Gasteiger partial charge in [-0.1, -0.05) is 13.3 Å². The minimum Gasteiger partial charge on any atom is -0.479 e. The summed E-state index contributed by atoms with van der Waals surface area (Å²) in [5, 5.41) is 18.0. The number of rotatable bonds is 2. The van der Waals surface area contributed by atoms with Crippen LogP contribution in [0.15, 0.2) is 0 Å². The number of carboxylic acids is 1. The van der Waals surface area contributed by atoms with Gasteiger partial charge < -0.3 is 10.2 Å². The van der Waals surface area contributed by atoms with Crippen LogP contribution in [0.5, 0.6) is 0 Å². The monoisotopic (exact) mass is 176 g/mol. The van der Waals surface area contributed by atoms with Crippen LogP contribution in [0.3, 0.4) is 0 Å². The van der Waals surface area contributed by atoms with Gasteiger partial charge in [-0.05, 0) is 18.8 Å². The molecular formula is C8H13FO3. The molecule has 1 fully saturated rings. The van der Waals surface area contributed by atoms with E-state index in [1.165, 1.54) is 0 Å². The molecule has 70 valence electrons. The van der Waals surface area contributed by atoms with Crippen LogP contribution in [0.25, 0.3) is 0 Å². The lowest BCUT2D eigenvalue weighted by Gasteiger charge is -2.28. The van der Waals surface area contributed by atoms with Gasteiger partial charge in [0.15, 0.2) is 0 Å². The molecule has 3 atom stereocenters. The van der Waals surface area contributed by atoms with Gasteiger partial charge in [-0.2, -0.15) is 0 Å². The normalized spacial score (nSPS) is 38.1. The second kappa shape index (κ2) is 3.01. The first-order valence-electron chi connectivity index (χ1n) is 4.07. The first kappa shape index (κ1) is 9.45. The summed E-state index contributed by atoms with van der Waals surface area (Å²) < 4.78 is 13.0. The fourth-order valence-electron chi connectivity index (χ4n) is 1.78. The number of aliphatic carboxylic acids is 1. The molecule has 1 saturated carbocycles. The third-order valence-electron chi connectivity index (χ3n) is 2.72. The Hall–Kier alpha value is -0.640. The standard InChI is InChI=1S/C8H13FO3/c1-5-3-2-4-8(5,12)6(9)7(10)11/h5-6,12H,2-4H2,1H3,(H,10,11). The molecule has 12 heavy (non-hydrogen) atoms. The van der Waals surface area contributed by atoms with E-state index in [0.29, 0.717) is 12.8 Å². The molecule has 4 heteroatoms. The first-order chi connectivity index (χ1) is 5.48. The van der Waals surface area contributed by atoms with Gasteiger partial charge >= 0.3 is 5.97 Å². The topological polar surface area (TPSA) is 57.5 Å². The van der Waals surface area contributed by atoms with Crippen molar-refractivity contribution in [2.45, 2.75) is 38.0 Å². The Bertz CT molecular complexity index is 195. The minimum atomic E-state index is -2.14. The van der Waals surface area contributed by atoms with Crippen molar-refractivity contribution in [3.05, 3.63) is 0 Å². The average molecular weight is 176 g/mol. The Morgan fingerprint density at radius 1 is 1.75 bits per heavy atom. The maximum atomic E-state index is 13.0. The number of hydrogen-bond donors (Lipinski definition) is 2. The maximum Gasteiger partial charge on any atom is 0.341 e. The SMILES string of the molecule is CC1CCCC1(O)C(F)C(=O)O. The van der Waals surface area contributed by atoms with Gasteiger partial charge in [0.2, 0.25) is 6.17 Å². The second-order valence-electron chi connectivity index (χ2n) is 3.49. The molecule has 0 amide bonds. The summed E-state index contributed by atoms with van der Waals surface area (Å²) >= 11 is 0. The molecule has 0 aromatic carbocycles. The van der Waals surface area contributed by atoms with E-state index in [0.717, 1.165) is 0 Å². The largest absolute Gasteiger partial charge is 0.479 e. The first-order valence-corrected chi connectivity index (χ1v) is 4.07. The number of aliphatic hydroxyl groups is 1. The number of carboxylic acid groups (broad SMARTS) is 1.